The molecule has 0 radical (unpaired) electrons. The summed E-state index contributed by atoms with van der Waals surface area (Å²) in [6.07, 6.45) is 2.04. The Morgan fingerprint density at radius 3 is 2.08 bits per heavy atom. The highest BCUT2D eigenvalue weighted by Gasteiger charge is 2.41. The Bertz CT molecular complexity index is 655. The summed E-state index contributed by atoms with van der Waals surface area (Å²) in [5.41, 5.74) is 2.10. The minimum atomic E-state index is -0.445. The van der Waals surface area contributed by atoms with Crippen molar-refractivity contribution in [1.29, 1.82) is 0 Å². The van der Waals surface area contributed by atoms with Crippen LogP contribution in [-0.4, -0.2) is 25.2 Å². The summed E-state index contributed by atoms with van der Waals surface area (Å²) in [6, 6.07) is 19.3. The van der Waals surface area contributed by atoms with Gasteiger partial charge < -0.3 is 14.8 Å². The quantitative estimate of drug-likeness (QED) is 0.712. The SMILES string of the molecule is CN[C@@H](C(=O)OCc1ccccc1)[C@@H](OCc1ccccc1)C1CC1. The second-order valence-corrected chi connectivity index (χ2v) is 6.46. The maximum Gasteiger partial charge on any atom is 0.326 e. The van der Waals surface area contributed by atoms with Crippen LogP contribution in [-0.2, 0) is 27.5 Å². The molecule has 2 atom stereocenters. The monoisotopic (exact) mass is 339 g/mol. The summed E-state index contributed by atoms with van der Waals surface area (Å²) >= 11 is 0. The second kappa shape index (κ2) is 8.79. The van der Waals surface area contributed by atoms with E-state index in [9.17, 15) is 4.79 Å². The van der Waals surface area contributed by atoms with Crippen molar-refractivity contribution in [2.24, 2.45) is 5.92 Å². The zero-order valence-corrected chi connectivity index (χ0v) is 14.6. The average Bonchev–Trinajstić information content (AvgIpc) is 3.50. The maximum atomic E-state index is 12.6. The Kier molecular flexibility index (Phi) is 6.20. The van der Waals surface area contributed by atoms with Gasteiger partial charge in [0.1, 0.15) is 12.6 Å². The fourth-order valence-corrected chi connectivity index (χ4v) is 2.93. The number of ether oxygens (including phenoxy) is 2. The lowest BCUT2D eigenvalue weighted by atomic mass is 10.1. The molecule has 25 heavy (non-hydrogen) atoms. The lowest BCUT2D eigenvalue weighted by molar-refractivity contribution is -0.153. The molecule has 1 aliphatic carbocycles. The van der Waals surface area contributed by atoms with Crippen LogP contribution in [0.3, 0.4) is 0 Å². The molecule has 0 heterocycles. The minimum Gasteiger partial charge on any atom is -0.460 e. The zero-order chi connectivity index (χ0) is 17.5. The molecule has 132 valence electrons. The highest BCUT2D eigenvalue weighted by Crippen LogP contribution is 2.36. The molecule has 1 aliphatic rings. The van der Waals surface area contributed by atoms with Gasteiger partial charge in [0.15, 0.2) is 0 Å². The number of likely N-dealkylation sites (N-methyl/N-ethyl adjacent to an activating group) is 1. The maximum absolute atomic E-state index is 12.6. The molecule has 0 saturated heterocycles. The first-order chi connectivity index (χ1) is 12.3. The van der Waals surface area contributed by atoms with Crippen molar-refractivity contribution in [2.75, 3.05) is 7.05 Å². The van der Waals surface area contributed by atoms with E-state index in [1.807, 2.05) is 60.7 Å². The number of hydrogen-bond acceptors (Lipinski definition) is 4. The van der Waals surface area contributed by atoms with Gasteiger partial charge in [-0.2, -0.15) is 0 Å². The van der Waals surface area contributed by atoms with Gasteiger partial charge in [-0.05, 0) is 36.9 Å². The third kappa shape index (κ3) is 5.15. The van der Waals surface area contributed by atoms with Gasteiger partial charge in [-0.3, -0.25) is 4.79 Å². The number of carbonyl (C=O) groups is 1. The number of benzene rings is 2. The molecule has 0 amide bonds. The summed E-state index contributed by atoms with van der Waals surface area (Å²) in [7, 11) is 1.79. The topological polar surface area (TPSA) is 47.6 Å². The molecule has 2 aromatic rings. The summed E-state index contributed by atoms with van der Waals surface area (Å²) in [5, 5.41) is 3.10. The number of carbonyl (C=O) groups excluding carboxylic acids is 1. The summed E-state index contributed by atoms with van der Waals surface area (Å²) < 4.78 is 11.6. The Balaban J connectivity index is 1.58. The van der Waals surface area contributed by atoms with Crippen LogP contribution >= 0.6 is 0 Å². The van der Waals surface area contributed by atoms with Gasteiger partial charge in [-0.15, -0.1) is 0 Å². The number of rotatable bonds is 9. The number of nitrogens with one attached hydrogen (secondary N) is 1. The largest absolute Gasteiger partial charge is 0.460 e. The molecule has 4 nitrogen and oxygen atoms in total. The third-order valence-corrected chi connectivity index (χ3v) is 4.49. The highest BCUT2D eigenvalue weighted by molar-refractivity contribution is 5.76. The number of hydrogen-bond donors (Lipinski definition) is 1. The van der Waals surface area contributed by atoms with Crippen LogP contribution in [0.1, 0.15) is 24.0 Å². The predicted molar refractivity (Wildman–Crippen MR) is 96.8 cm³/mol. The van der Waals surface area contributed by atoms with Crippen LogP contribution in [0.2, 0.25) is 0 Å². The van der Waals surface area contributed by atoms with Gasteiger partial charge in [0.2, 0.25) is 0 Å². The summed E-state index contributed by atoms with van der Waals surface area (Å²) in [5.74, 6) is 0.168. The molecule has 1 saturated carbocycles. The van der Waals surface area contributed by atoms with Gasteiger partial charge >= 0.3 is 5.97 Å². The van der Waals surface area contributed by atoms with Gasteiger partial charge in [-0.25, -0.2) is 0 Å². The molecule has 1 fully saturated rings. The van der Waals surface area contributed by atoms with E-state index in [1.165, 1.54) is 0 Å². The molecule has 0 aliphatic heterocycles. The van der Waals surface area contributed by atoms with Crippen molar-refractivity contribution in [3.63, 3.8) is 0 Å². The Hall–Kier alpha value is -2.17. The van der Waals surface area contributed by atoms with E-state index in [0.717, 1.165) is 24.0 Å². The molecule has 0 unspecified atom stereocenters. The normalized spacial score (nSPS) is 16.2. The number of esters is 1. The van der Waals surface area contributed by atoms with Crippen LogP contribution in [0.4, 0.5) is 0 Å². The van der Waals surface area contributed by atoms with Gasteiger partial charge in [-0.1, -0.05) is 60.7 Å². The van der Waals surface area contributed by atoms with E-state index in [4.69, 9.17) is 9.47 Å². The highest BCUT2D eigenvalue weighted by atomic mass is 16.5. The second-order valence-electron chi connectivity index (χ2n) is 6.46. The van der Waals surface area contributed by atoms with Crippen LogP contribution in [0, 0.1) is 5.92 Å². The molecular weight excluding hydrogens is 314 g/mol. The Labute approximate surface area is 149 Å². The Morgan fingerprint density at radius 2 is 1.56 bits per heavy atom. The van der Waals surface area contributed by atoms with Gasteiger partial charge in [0.25, 0.3) is 0 Å². The van der Waals surface area contributed by atoms with Crippen molar-refractivity contribution < 1.29 is 14.3 Å². The van der Waals surface area contributed by atoms with E-state index in [-0.39, 0.29) is 18.7 Å². The molecule has 4 heteroatoms. The first-order valence-electron chi connectivity index (χ1n) is 8.81. The lowest BCUT2D eigenvalue weighted by Gasteiger charge is -2.25. The fraction of sp³-hybridized carbons (Fsp3) is 0.381. The standard InChI is InChI=1S/C21H25NO3/c1-22-19(21(23)25-15-17-10-6-3-7-11-17)20(18-12-13-18)24-14-16-8-4-2-5-9-16/h2-11,18-20,22H,12-15H2,1H3/t19-,20+/m1/s1. The summed E-state index contributed by atoms with van der Waals surface area (Å²) in [6.45, 7) is 0.792. The van der Waals surface area contributed by atoms with E-state index < -0.39 is 6.04 Å². The van der Waals surface area contributed by atoms with Gasteiger partial charge in [0.05, 0.1) is 12.7 Å². The zero-order valence-electron chi connectivity index (χ0n) is 14.6. The van der Waals surface area contributed by atoms with E-state index in [0.29, 0.717) is 12.5 Å². The molecule has 0 aromatic heterocycles. The minimum absolute atomic E-state index is 0.159. The van der Waals surface area contributed by atoms with Crippen LogP contribution in [0.15, 0.2) is 60.7 Å². The molecule has 3 rings (SSSR count). The molecule has 0 bridgehead atoms. The lowest BCUT2D eigenvalue weighted by Crippen LogP contribution is -2.47. The van der Waals surface area contributed by atoms with Crippen molar-refractivity contribution in [1.82, 2.24) is 5.32 Å². The molecule has 2 aromatic carbocycles. The molecule has 1 N–H and O–H groups in total. The summed E-state index contributed by atoms with van der Waals surface area (Å²) in [4.78, 5) is 12.6. The van der Waals surface area contributed by atoms with Crippen molar-refractivity contribution in [2.45, 2.75) is 38.2 Å². The van der Waals surface area contributed by atoms with E-state index in [2.05, 4.69) is 5.32 Å². The molecular formula is C21H25NO3. The first-order valence-corrected chi connectivity index (χ1v) is 8.81. The van der Waals surface area contributed by atoms with Crippen molar-refractivity contribution in [3.05, 3.63) is 71.8 Å². The van der Waals surface area contributed by atoms with Crippen LogP contribution in [0.25, 0.3) is 0 Å². The fourth-order valence-electron chi connectivity index (χ4n) is 2.93. The third-order valence-electron chi connectivity index (χ3n) is 4.49. The van der Waals surface area contributed by atoms with E-state index in [1.54, 1.807) is 7.05 Å². The first kappa shape index (κ1) is 17.6. The Morgan fingerprint density at radius 1 is 1.00 bits per heavy atom. The van der Waals surface area contributed by atoms with E-state index >= 15 is 0 Å². The average molecular weight is 339 g/mol. The van der Waals surface area contributed by atoms with Crippen LogP contribution in [0.5, 0.6) is 0 Å². The van der Waals surface area contributed by atoms with Crippen molar-refractivity contribution >= 4 is 5.97 Å². The van der Waals surface area contributed by atoms with Crippen LogP contribution < -0.4 is 5.32 Å². The van der Waals surface area contributed by atoms with Gasteiger partial charge in [0, 0.05) is 0 Å². The smallest absolute Gasteiger partial charge is 0.326 e. The molecule has 0 spiro atoms. The van der Waals surface area contributed by atoms with Crippen molar-refractivity contribution in [3.8, 4) is 0 Å². The predicted octanol–water partition coefficient (Wildman–Crippen LogP) is 3.31.